The predicted octanol–water partition coefficient (Wildman–Crippen LogP) is 1.99. The van der Waals surface area contributed by atoms with Crippen LogP contribution in [0.3, 0.4) is 0 Å². The quantitative estimate of drug-likeness (QED) is 0.771. The van der Waals surface area contributed by atoms with Crippen LogP contribution in [0, 0.1) is 11.2 Å². The van der Waals surface area contributed by atoms with Crippen molar-refractivity contribution in [1.82, 2.24) is 4.90 Å². The molecule has 1 aromatic rings. The zero-order valence-electron chi connectivity index (χ0n) is 11.2. The van der Waals surface area contributed by atoms with Gasteiger partial charge in [0, 0.05) is 37.3 Å². The molecule has 108 valence electrons. The van der Waals surface area contributed by atoms with Crippen molar-refractivity contribution in [2.24, 2.45) is 5.41 Å². The van der Waals surface area contributed by atoms with Crippen molar-refractivity contribution < 1.29 is 14.3 Å². The highest BCUT2D eigenvalue weighted by molar-refractivity contribution is 5.65. The molecular weight excluding hydrogens is 261 g/mol. The lowest BCUT2D eigenvalue weighted by Crippen LogP contribution is -2.33. The summed E-state index contributed by atoms with van der Waals surface area (Å²) in [4.78, 5) is 14.5. The van der Waals surface area contributed by atoms with E-state index in [2.05, 4.69) is 0 Å². The zero-order valence-corrected chi connectivity index (χ0v) is 11.2. The van der Waals surface area contributed by atoms with Crippen LogP contribution in [0.4, 0.5) is 20.6 Å². The summed E-state index contributed by atoms with van der Waals surface area (Å²) < 4.78 is 14.0. The predicted molar refractivity (Wildman–Crippen MR) is 74.3 cm³/mol. The second kappa shape index (κ2) is 4.54. The fraction of sp³-hybridized carbons (Fsp3) is 0.500. The number of halogens is 1. The van der Waals surface area contributed by atoms with Gasteiger partial charge in [-0.15, -0.1) is 0 Å². The number of hydrogen-bond donors (Lipinski definition) is 2. The van der Waals surface area contributed by atoms with Crippen LogP contribution < -0.4 is 10.6 Å². The average Bonchev–Trinajstić information content (AvgIpc) is 2.98. The molecule has 2 aliphatic heterocycles. The van der Waals surface area contributed by atoms with Gasteiger partial charge in [0.1, 0.15) is 5.82 Å². The van der Waals surface area contributed by atoms with Crippen LogP contribution in [0.25, 0.3) is 0 Å². The number of nitrogens with two attached hydrogens (primary N) is 1. The molecule has 0 radical (unpaired) electrons. The van der Waals surface area contributed by atoms with Gasteiger partial charge in [-0.3, -0.25) is 0 Å². The number of benzene rings is 1. The molecule has 6 heteroatoms. The molecule has 1 spiro atoms. The second-order valence-corrected chi connectivity index (χ2v) is 5.84. The van der Waals surface area contributed by atoms with Crippen molar-refractivity contribution in [3.8, 4) is 0 Å². The standard InChI is InChI=1S/C14H18FN3O2/c15-11-7-10(16)1-2-12(11)17-5-3-14(8-17)4-6-18(9-14)13(19)20/h1-2,7H,3-6,8-9,16H2,(H,19,20). The summed E-state index contributed by atoms with van der Waals surface area (Å²) in [6.07, 6.45) is 0.895. The third kappa shape index (κ3) is 2.15. The van der Waals surface area contributed by atoms with Gasteiger partial charge in [0.15, 0.2) is 0 Å². The minimum atomic E-state index is -0.862. The molecule has 1 amide bonds. The number of anilines is 2. The lowest BCUT2D eigenvalue weighted by atomic mass is 9.86. The van der Waals surface area contributed by atoms with E-state index in [-0.39, 0.29) is 11.2 Å². The summed E-state index contributed by atoms with van der Waals surface area (Å²) in [6, 6.07) is 4.73. The Hall–Kier alpha value is -1.98. The SMILES string of the molecule is Nc1ccc(N2CCC3(CCN(C(=O)O)C3)C2)c(F)c1. The maximum absolute atomic E-state index is 14.0. The fourth-order valence-electron chi connectivity index (χ4n) is 3.35. The molecule has 1 aromatic carbocycles. The Kier molecular flexibility index (Phi) is 2.96. The van der Waals surface area contributed by atoms with Gasteiger partial charge in [-0.25, -0.2) is 9.18 Å². The van der Waals surface area contributed by atoms with Crippen LogP contribution in [0.1, 0.15) is 12.8 Å². The molecule has 0 aliphatic carbocycles. The first kappa shape index (κ1) is 13.0. The first-order valence-corrected chi connectivity index (χ1v) is 6.77. The van der Waals surface area contributed by atoms with Crippen molar-refractivity contribution in [2.45, 2.75) is 12.8 Å². The normalized spacial score (nSPS) is 25.6. The molecule has 0 aromatic heterocycles. The monoisotopic (exact) mass is 279 g/mol. The van der Waals surface area contributed by atoms with Gasteiger partial charge >= 0.3 is 6.09 Å². The highest BCUT2D eigenvalue weighted by atomic mass is 19.1. The summed E-state index contributed by atoms with van der Waals surface area (Å²) in [5.74, 6) is -0.310. The smallest absolute Gasteiger partial charge is 0.407 e. The van der Waals surface area contributed by atoms with Gasteiger partial charge in [0.05, 0.1) is 5.69 Å². The lowest BCUT2D eigenvalue weighted by molar-refractivity contribution is 0.150. The Labute approximate surface area is 116 Å². The molecule has 0 bridgehead atoms. The second-order valence-electron chi connectivity index (χ2n) is 5.84. The highest BCUT2D eigenvalue weighted by Crippen LogP contribution is 2.41. The number of likely N-dealkylation sites (tertiary alicyclic amines) is 1. The fourth-order valence-corrected chi connectivity index (χ4v) is 3.35. The Morgan fingerprint density at radius 1 is 1.30 bits per heavy atom. The van der Waals surface area contributed by atoms with Crippen LogP contribution >= 0.6 is 0 Å². The van der Waals surface area contributed by atoms with E-state index >= 15 is 0 Å². The number of rotatable bonds is 1. The topological polar surface area (TPSA) is 69.8 Å². The van der Waals surface area contributed by atoms with Crippen LogP contribution in [0.2, 0.25) is 0 Å². The number of carboxylic acid groups (broad SMARTS) is 1. The number of hydrogen-bond acceptors (Lipinski definition) is 3. The highest BCUT2D eigenvalue weighted by Gasteiger charge is 2.45. The van der Waals surface area contributed by atoms with Crippen LogP contribution in [0.5, 0.6) is 0 Å². The van der Waals surface area contributed by atoms with Crippen molar-refractivity contribution in [1.29, 1.82) is 0 Å². The molecular formula is C14H18FN3O2. The van der Waals surface area contributed by atoms with E-state index in [9.17, 15) is 9.18 Å². The molecule has 3 rings (SSSR count). The maximum Gasteiger partial charge on any atom is 0.407 e. The van der Waals surface area contributed by atoms with E-state index in [1.165, 1.54) is 11.0 Å². The zero-order chi connectivity index (χ0) is 14.3. The van der Waals surface area contributed by atoms with Crippen molar-refractivity contribution in [3.05, 3.63) is 24.0 Å². The molecule has 1 unspecified atom stereocenters. The van der Waals surface area contributed by atoms with Crippen molar-refractivity contribution >= 4 is 17.5 Å². The van der Waals surface area contributed by atoms with Crippen LogP contribution in [0.15, 0.2) is 18.2 Å². The minimum Gasteiger partial charge on any atom is -0.465 e. The molecule has 0 saturated carbocycles. The number of carbonyl (C=O) groups is 1. The van der Waals surface area contributed by atoms with Gasteiger partial charge in [0.2, 0.25) is 0 Å². The van der Waals surface area contributed by atoms with Gasteiger partial charge in [-0.05, 0) is 31.0 Å². The van der Waals surface area contributed by atoms with E-state index in [4.69, 9.17) is 10.8 Å². The molecule has 2 aliphatic rings. The minimum absolute atomic E-state index is 0.0216. The lowest BCUT2D eigenvalue weighted by Gasteiger charge is -2.25. The van der Waals surface area contributed by atoms with Gasteiger partial charge in [0.25, 0.3) is 0 Å². The third-order valence-corrected chi connectivity index (χ3v) is 4.46. The Bertz CT molecular complexity index is 551. The molecule has 2 fully saturated rings. The van der Waals surface area contributed by atoms with Gasteiger partial charge < -0.3 is 20.6 Å². The van der Waals surface area contributed by atoms with Crippen LogP contribution in [-0.2, 0) is 0 Å². The van der Waals surface area contributed by atoms with E-state index in [0.29, 0.717) is 31.0 Å². The molecule has 3 N–H and O–H groups in total. The van der Waals surface area contributed by atoms with E-state index in [0.717, 1.165) is 19.4 Å². The summed E-state index contributed by atoms with van der Waals surface area (Å²) >= 11 is 0. The summed E-state index contributed by atoms with van der Waals surface area (Å²) in [5, 5.41) is 9.05. The van der Waals surface area contributed by atoms with E-state index < -0.39 is 6.09 Å². The Balaban J connectivity index is 1.75. The van der Waals surface area contributed by atoms with Gasteiger partial charge in [-0.2, -0.15) is 0 Å². The largest absolute Gasteiger partial charge is 0.465 e. The number of nitrogens with zero attached hydrogens (tertiary/aromatic N) is 2. The number of nitrogen functional groups attached to an aromatic ring is 1. The average molecular weight is 279 g/mol. The molecule has 20 heavy (non-hydrogen) atoms. The van der Waals surface area contributed by atoms with Gasteiger partial charge in [-0.1, -0.05) is 0 Å². The summed E-state index contributed by atoms with van der Waals surface area (Å²) in [7, 11) is 0. The van der Waals surface area contributed by atoms with E-state index in [1.807, 2.05) is 4.90 Å². The summed E-state index contributed by atoms with van der Waals surface area (Å²) in [5.41, 5.74) is 6.52. The first-order valence-electron chi connectivity index (χ1n) is 6.77. The van der Waals surface area contributed by atoms with Crippen LogP contribution in [-0.4, -0.2) is 42.3 Å². The Morgan fingerprint density at radius 2 is 2.05 bits per heavy atom. The number of amides is 1. The van der Waals surface area contributed by atoms with Crippen molar-refractivity contribution in [2.75, 3.05) is 36.8 Å². The first-order chi connectivity index (χ1) is 9.49. The molecule has 5 nitrogen and oxygen atoms in total. The third-order valence-electron chi connectivity index (χ3n) is 4.46. The molecule has 1 atom stereocenters. The molecule has 2 saturated heterocycles. The van der Waals surface area contributed by atoms with E-state index in [1.54, 1.807) is 12.1 Å². The molecule has 2 heterocycles. The van der Waals surface area contributed by atoms with Crippen molar-refractivity contribution in [3.63, 3.8) is 0 Å². The maximum atomic E-state index is 14.0. The summed E-state index contributed by atoms with van der Waals surface area (Å²) in [6.45, 7) is 2.59. The Morgan fingerprint density at radius 3 is 2.70 bits per heavy atom.